The molecule has 0 aliphatic heterocycles. The van der Waals surface area contributed by atoms with Gasteiger partial charge in [-0.25, -0.2) is 4.52 Å². The lowest BCUT2D eigenvalue weighted by atomic mass is 10.0. The van der Waals surface area contributed by atoms with Crippen molar-refractivity contribution in [2.24, 2.45) is 0 Å². The summed E-state index contributed by atoms with van der Waals surface area (Å²) in [5, 5.41) is 18.9. The van der Waals surface area contributed by atoms with E-state index in [0.29, 0.717) is 11.7 Å². The molecule has 6 heteroatoms. The molecule has 0 radical (unpaired) electrons. The molecule has 0 saturated heterocycles. The summed E-state index contributed by atoms with van der Waals surface area (Å²) in [6.45, 7) is 4.33. The number of nitrogens with zero attached hydrogens (tertiary/aromatic N) is 5. The molecule has 3 heterocycles. The number of hydrogen-bond donors (Lipinski definition) is 1. The van der Waals surface area contributed by atoms with Gasteiger partial charge in [-0.05, 0) is 34.9 Å². The Hall–Kier alpha value is -3.28. The Kier molecular flexibility index (Phi) is 3.85. The molecule has 0 fully saturated rings. The summed E-state index contributed by atoms with van der Waals surface area (Å²) in [5.74, 6) is 0.944. The Morgan fingerprint density at radius 1 is 1.08 bits per heavy atom. The van der Waals surface area contributed by atoms with Gasteiger partial charge in [0.1, 0.15) is 0 Å². The summed E-state index contributed by atoms with van der Waals surface area (Å²) >= 11 is 0. The SMILES string of the molecule is CC(C)c1nn2ccccc2c1/C=C/c1cccc(-c2nn[nH]n2)c1. The number of benzene rings is 1. The van der Waals surface area contributed by atoms with Crippen LogP contribution in [0.4, 0.5) is 0 Å². The van der Waals surface area contributed by atoms with Gasteiger partial charge in [0.05, 0.1) is 11.2 Å². The largest absolute Gasteiger partial charge is 0.240 e. The second kappa shape index (κ2) is 6.32. The van der Waals surface area contributed by atoms with E-state index >= 15 is 0 Å². The molecule has 0 bridgehead atoms. The van der Waals surface area contributed by atoms with Crippen molar-refractivity contribution in [2.75, 3.05) is 0 Å². The van der Waals surface area contributed by atoms with Crippen LogP contribution in [0, 0.1) is 0 Å². The molecule has 3 aromatic heterocycles. The summed E-state index contributed by atoms with van der Waals surface area (Å²) in [4.78, 5) is 0. The maximum Gasteiger partial charge on any atom is 0.204 e. The van der Waals surface area contributed by atoms with Gasteiger partial charge in [-0.15, -0.1) is 10.2 Å². The molecule has 4 rings (SSSR count). The van der Waals surface area contributed by atoms with Crippen molar-refractivity contribution in [3.05, 3.63) is 65.5 Å². The molecule has 124 valence electrons. The second-order valence-corrected chi connectivity index (χ2v) is 6.18. The van der Waals surface area contributed by atoms with Gasteiger partial charge in [-0.1, -0.05) is 50.3 Å². The van der Waals surface area contributed by atoms with Crippen LogP contribution in [-0.2, 0) is 0 Å². The topological polar surface area (TPSA) is 71.8 Å². The van der Waals surface area contributed by atoms with Crippen molar-refractivity contribution < 1.29 is 0 Å². The van der Waals surface area contributed by atoms with Crippen LogP contribution in [0.25, 0.3) is 29.1 Å². The van der Waals surface area contributed by atoms with Crippen LogP contribution in [0.5, 0.6) is 0 Å². The highest BCUT2D eigenvalue weighted by atomic mass is 15.5. The van der Waals surface area contributed by atoms with Crippen LogP contribution in [0.3, 0.4) is 0 Å². The molecular weight excluding hydrogens is 312 g/mol. The summed E-state index contributed by atoms with van der Waals surface area (Å²) in [5.41, 5.74) is 5.36. The number of H-pyrrole nitrogens is 1. The van der Waals surface area contributed by atoms with E-state index in [1.807, 2.05) is 41.0 Å². The monoisotopic (exact) mass is 330 g/mol. The fourth-order valence-corrected chi connectivity index (χ4v) is 2.88. The van der Waals surface area contributed by atoms with Crippen LogP contribution in [-0.4, -0.2) is 30.2 Å². The summed E-state index contributed by atoms with van der Waals surface area (Å²) in [7, 11) is 0. The zero-order chi connectivity index (χ0) is 17.2. The smallest absolute Gasteiger partial charge is 0.204 e. The zero-order valence-corrected chi connectivity index (χ0v) is 14.1. The van der Waals surface area contributed by atoms with Crippen molar-refractivity contribution in [1.29, 1.82) is 0 Å². The number of hydrogen-bond acceptors (Lipinski definition) is 4. The molecule has 6 nitrogen and oxygen atoms in total. The van der Waals surface area contributed by atoms with Gasteiger partial charge in [-0.3, -0.25) is 0 Å². The third kappa shape index (κ3) is 2.94. The van der Waals surface area contributed by atoms with E-state index in [1.165, 1.54) is 0 Å². The van der Waals surface area contributed by atoms with Gasteiger partial charge in [0.15, 0.2) is 0 Å². The summed E-state index contributed by atoms with van der Waals surface area (Å²) in [6, 6.07) is 14.2. The Morgan fingerprint density at radius 2 is 2.00 bits per heavy atom. The average molecular weight is 330 g/mol. The number of aromatic amines is 1. The predicted octanol–water partition coefficient (Wildman–Crippen LogP) is 3.81. The van der Waals surface area contributed by atoms with E-state index in [0.717, 1.165) is 27.9 Å². The zero-order valence-electron chi connectivity index (χ0n) is 14.1. The van der Waals surface area contributed by atoms with Gasteiger partial charge >= 0.3 is 0 Å². The van der Waals surface area contributed by atoms with Crippen molar-refractivity contribution in [2.45, 2.75) is 19.8 Å². The van der Waals surface area contributed by atoms with Gasteiger partial charge in [-0.2, -0.15) is 10.3 Å². The second-order valence-electron chi connectivity index (χ2n) is 6.18. The minimum atomic E-state index is 0.352. The molecule has 0 aliphatic rings. The van der Waals surface area contributed by atoms with Crippen LogP contribution >= 0.6 is 0 Å². The molecule has 0 saturated carbocycles. The molecule has 0 unspecified atom stereocenters. The summed E-state index contributed by atoms with van der Waals surface area (Å²) < 4.78 is 1.94. The van der Waals surface area contributed by atoms with E-state index < -0.39 is 0 Å². The Labute approximate surface area is 145 Å². The van der Waals surface area contributed by atoms with Crippen molar-refractivity contribution in [3.63, 3.8) is 0 Å². The molecule has 0 spiro atoms. The van der Waals surface area contributed by atoms with E-state index in [9.17, 15) is 0 Å². The van der Waals surface area contributed by atoms with Gasteiger partial charge in [0.2, 0.25) is 5.82 Å². The van der Waals surface area contributed by atoms with Crippen LogP contribution in [0.15, 0.2) is 48.7 Å². The number of aromatic nitrogens is 6. The maximum atomic E-state index is 4.72. The number of pyridine rings is 1. The molecule has 0 aliphatic carbocycles. The molecule has 1 aromatic carbocycles. The molecule has 1 N–H and O–H groups in total. The third-order valence-corrected chi connectivity index (χ3v) is 4.09. The first-order valence-electron chi connectivity index (χ1n) is 8.21. The van der Waals surface area contributed by atoms with Crippen molar-refractivity contribution >= 4 is 17.7 Å². The maximum absolute atomic E-state index is 4.72. The predicted molar refractivity (Wildman–Crippen MR) is 97.8 cm³/mol. The number of rotatable bonds is 4. The number of nitrogens with one attached hydrogen (secondary N) is 1. The Balaban J connectivity index is 1.74. The molecule has 0 atom stereocenters. The molecule has 0 amide bonds. The van der Waals surface area contributed by atoms with E-state index in [-0.39, 0.29) is 0 Å². The first kappa shape index (κ1) is 15.3. The fraction of sp³-hybridized carbons (Fsp3) is 0.158. The van der Waals surface area contributed by atoms with Crippen molar-refractivity contribution in [3.8, 4) is 11.4 Å². The number of tetrazole rings is 1. The first-order chi connectivity index (χ1) is 12.2. The standard InChI is InChI=1S/C19H18N6/c1-13(2)18-16(17-8-3-4-11-25(17)22-18)10-9-14-6-5-7-15(12-14)19-20-23-24-21-19/h3-13H,1-2H3,(H,20,21,23,24)/b10-9+. The molecular formula is C19H18N6. The van der Waals surface area contributed by atoms with E-state index in [1.54, 1.807) is 0 Å². The van der Waals surface area contributed by atoms with E-state index in [2.05, 4.69) is 58.8 Å². The Bertz CT molecular complexity index is 1030. The minimum Gasteiger partial charge on any atom is -0.240 e. The quantitative estimate of drug-likeness (QED) is 0.617. The van der Waals surface area contributed by atoms with Gasteiger partial charge < -0.3 is 0 Å². The van der Waals surface area contributed by atoms with Crippen LogP contribution in [0.2, 0.25) is 0 Å². The third-order valence-electron chi connectivity index (χ3n) is 4.09. The average Bonchev–Trinajstić information content (AvgIpc) is 3.28. The lowest BCUT2D eigenvalue weighted by molar-refractivity contribution is 0.787. The van der Waals surface area contributed by atoms with Crippen molar-refractivity contribution in [1.82, 2.24) is 30.2 Å². The van der Waals surface area contributed by atoms with E-state index in [4.69, 9.17) is 5.10 Å². The van der Waals surface area contributed by atoms with Crippen LogP contribution in [0.1, 0.15) is 36.6 Å². The Morgan fingerprint density at radius 3 is 2.80 bits per heavy atom. The number of fused-ring (bicyclic) bond motifs is 1. The van der Waals surface area contributed by atoms with Crippen LogP contribution < -0.4 is 0 Å². The summed E-state index contributed by atoms with van der Waals surface area (Å²) in [6.07, 6.45) is 6.21. The molecule has 4 aromatic rings. The first-order valence-corrected chi connectivity index (χ1v) is 8.21. The highest BCUT2D eigenvalue weighted by Gasteiger charge is 2.13. The highest BCUT2D eigenvalue weighted by molar-refractivity contribution is 5.80. The van der Waals surface area contributed by atoms with Gasteiger partial charge in [0, 0.05) is 17.3 Å². The normalized spacial score (nSPS) is 11.8. The van der Waals surface area contributed by atoms with Gasteiger partial charge in [0.25, 0.3) is 0 Å². The lowest BCUT2D eigenvalue weighted by Gasteiger charge is -2.02. The minimum absolute atomic E-state index is 0.352. The fourth-order valence-electron chi connectivity index (χ4n) is 2.88. The molecule has 25 heavy (non-hydrogen) atoms. The highest BCUT2D eigenvalue weighted by Crippen LogP contribution is 2.25. The lowest BCUT2D eigenvalue weighted by Crippen LogP contribution is -1.91.